The van der Waals surface area contributed by atoms with Gasteiger partial charge in [-0.1, -0.05) is 27.7 Å². The van der Waals surface area contributed by atoms with E-state index < -0.39 is 19.9 Å². The second kappa shape index (κ2) is 6.75. The minimum atomic E-state index is -3.24. The van der Waals surface area contributed by atoms with Crippen LogP contribution in [0, 0.1) is 11.8 Å². The third-order valence-electron chi connectivity index (χ3n) is 3.41. The quantitative estimate of drug-likeness (QED) is 0.742. The number of sulfonamides is 1. The Hall–Kier alpha value is -0.140. The minimum absolute atomic E-state index is 0.0856. The standard InChI is InChI=1S/C13H27NO4S2/c1-11(2)9-19(15,16)13-5-7-14(8-6-13)20(17,18)10-12(3)4/h11-13H,5-10H2,1-4H3. The van der Waals surface area contributed by atoms with Gasteiger partial charge in [0, 0.05) is 13.1 Å². The topological polar surface area (TPSA) is 71.5 Å². The Morgan fingerprint density at radius 1 is 0.900 bits per heavy atom. The van der Waals surface area contributed by atoms with Crippen molar-refractivity contribution in [2.45, 2.75) is 45.8 Å². The van der Waals surface area contributed by atoms with E-state index in [1.165, 1.54) is 4.31 Å². The highest BCUT2D eigenvalue weighted by molar-refractivity contribution is 7.92. The van der Waals surface area contributed by atoms with Crippen molar-refractivity contribution >= 4 is 19.9 Å². The smallest absolute Gasteiger partial charge is 0.214 e. The summed E-state index contributed by atoms with van der Waals surface area (Å²) in [6.07, 6.45) is 0.846. The maximum atomic E-state index is 12.2. The molecule has 5 nitrogen and oxygen atoms in total. The van der Waals surface area contributed by atoms with Crippen LogP contribution in [0.25, 0.3) is 0 Å². The summed E-state index contributed by atoms with van der Waals surface area (Å²) < 4.78 is 50.0. The van der Waals surface area contributed by atoms with Gasteiger partial charge in [0.15, 0.2) is 9.84 Å². The summed E-state index contributed by atoms with van der Waals surface area (Å²) in [4.78, 5) is 0. The molecule has 120 valence electrons. The fourth-order valence-corrected chi connectivity index (χ4v) is 6.55. The average molecular weight is 325 g/mol. The van der Waals surface area contributed by atoms with Gasteiger partial charge in [0.05, 0.1) is 16.8 Å². The van der Waals surface area contributed by atoms with Crippen LogP contribution in [0.2, 0.25) is 0 Å². The first-order chi connectivity index (χ1) is 9.04. The maximum absolute atomic E-state index is 12.2. The zero-order valence-electron chi connectivity index (χ0n) is 12.9. The van der Waals surface area contributed by atoms with E-state index in [2.05, 4.69) is 0 Å². The molecule has 0 amide bonds. The van der Waals surface area contributed by atoms with Crippen molar-refractivity contribution in [1.29, 1.82) is 0 Å². The van der Waals surface area contributed by atoms with Crippen LogP contribution in [0.4, 0.5) is 0 Å². The summed E-state index contributed by atoms with van der Waals surface area (Å²) in [6, 6.07) is 0. The van der Waals surface area contributed by atoms with E-state index >= 15 is 0 Å². The Labute approximate surface area is 123 Å². The number of hydrogen-bond acceptors (Lipinski definition) is 4. The molecular weight excluding hydrogens is 298 g/mol. The number of nitrogens with zero attached hydrogens (tertiary/aromatic N) is 1. The summed E-state index contributed by atoms with van der Waals surface area (Å²) in [6.45, 7) is 8.18. The fraction of sp³-hybridized carbons (Fsp3) is 1.00. The molecule has 7 heteroatoms. The lowest BCUT2D eigenvalue weighted by Gasteiger charge is -2.31. The lowest BCUT2D eigenvalue weighted by Crippen LogP contribution is -2.44. The van der Waals surface area contributed by atoms with E-state index in [1.807, 2.05) is 27.7 Å². The molecule has 1 heterocycles. The predicted octanol–water partition coefficient (Wildman–Crippen LogP) is 1.51. The fourth-order valence-electron chi connectivity index (χ4n) is 2.60. The lowest BCUT2D eigenvalue weighted by molar-refractivity contribution is 0.343. The Morgan fingerprint density at radius 3 is 1.75 bits per heavy atom. The lowest BCUT2D eigenvalue weighted by atomic mass is 10.2. The molecule has 0 radical (unpaired) electrons. The SMILES string of the molecule is CC(C)CS(=O)(=O)C1CCN(S(=O)(=O)CC(C)C)CC1. The molecule has 0 aromatic heterocycles. The molecule has 1 aliphatic rings. The van der Waals surface area contributed by atoms with Gasteiger partial charge in [-0.25, -0.2) is 21.1 Å². The molecule has 0 saturated carbocycles. The maximum Gasteiger partial charge on any atom is 0.214 e. The third kappa shape index (κ3) is 5.00. The van der Waals surface area contributed by atoms with Gasteiger partial charge in [0.1, 0.15) is 0 Å². The Kier molecular flexibility index (Phi) is 6.04. The molecule has 1 rings (SSSR count). The van der Waals surface area contributed by atoms with Gasteiger partial charge in [-0.3, -0.25) is 0 Å². The molecule has 1 aliphatic heterocycles. The van der Waals surface area contributed by atoms with Crippen LogP contribution in [0.15, 0.2) is 0 Å². The molecule has 0 N–H and O–H groups in total. The summed E-state index contributed by atoms with van der Waals surface area (Å²) >= 11 is 0. The summed E-state index contributed by atoms with van der Waals surface area (Å²) in [5, 5.41) is -0.379. The van der Waals surface area contributed by atoms with Gasteiger partial charge in [-0.05, 0) is 24.7 Å². The van der Waals surface area contributed by atoms with E-state index in [4.69, 9.17) is 0 Å². The van der Waals surface area contributed by atoms with Crippen molar-refractivity contribution in [3.05, 3.63) is 0 Å². The highest BCUT2D eigenvalue weighted by Crippen LogP contribution is 2.22. The van der Waals surface area contributed by atoms with Crippen molar-refractivity contribution < 1.29 is 16.8 Å². The minimum Gasteiger partial charge on any atom is -0.229 e. The predicted molar refractivity (Wildman–Crippen MR) is 81.8 cm³/mol. The van der Waals surface area contributed by atoms with E-state index in [0.29, 0.717) is 25.9 Å². The molecule has 0 aliphatic carbocycles. The molecule has 0 aromatic rings. The zero-order chi connectivity index (χ0) is 15.6. The molecule has 0 spiro atoms. The Morgan fingerprint density at radius 2 is 1.35 bits per heavy atom. The first-order valence-electron chi connectivity index (χ1n) is 7.24. The Balaban J connectivity index is 2.65. The van der Waals surface area contributed by atoms with Crippen LogP contribution >= 0.6 is 0 Å². The third-order valence-corrected chi connectivity index (χ3v) is 8.27. The van der Waals surface area contributed by atoms with Gasteiger partial charge in [-0.15, -0.1) is 0 Å². The molecule has 0 atom stereocenters. The van der Waals surface area contributed by atoms with Gasteiger partial charge < -0.3 is 0 Å². The normalized spacial score (nSPS) is 19.9. The number of piperidine rings is 1. The highest BCUT2D eigenvalue weighted by Gasteiger charge is 2.34. The van der Waals surface area contributed by atoms with E-state index in [-0.39, 0.29) is 28.6 Å². The first-order valence-corrected chi connectivity index (χ1v) is 10.6. The molecular formula is C13H27NO4S2. The zero-order valence-corrected chi connectivity index (χ0v) is 14.5. The van der Waals surface area contributed by atoms with Crippen LogP contribution in [-0.4, -0.2) is 51.0 Å². The van der Waals surface area contributed by atoms with Crippen molar-refractivity contribution in [3.8, 4) is 0 Å². The summed E-state index contributed by atoms with van der Waals surface area (Å²) in [5.41, 5.74) is 0. The number of rotatable bonds is 6. The second-order valence-electron chi connectivity index (χ2n) is 6.49. The largest absolute Gasteiger partial charge is 0.229 e. The number of sulfone groups is 1. The van der Waals surface area contributed by atoms with Crippen LogP contribution < -0.4 is 0 Å². The molecule has 20 heavy (non-hydrogen) atoms. The van der Waals surface area contributed by atoms with Crippen LogP contribution in [0.1, 0.15) is 40.5 Å². The number of hydrogen-bond donors (Lipinski definition) is 0. The van der Waals surface area contributed by atoms with E-state index in [0.717, 1.165) is 0 Å². The molecule has 0 bridgehead atoms. The van der Waals surface area contributed by atoms with Crippen LogP contribution in [-0.2, 0) is 19.9 Å². The Bertz CT molecular complexity index is 452. The van der Waals surface area contributed by atoms with Crippen LogP contribution in [0.3, 0.4) is 0 Å². The van der Waals surface area contributed by atoms with Gasteiger partial charge in [-0.2, -0.15) is 0 Å². The molecule has 1 fully saturated rings. The van der Waals surface area contributed by atoms with Crippen molar-refractivity contribution in [2.24, 2.45) is 11.8 Å². The van der Waals surface area contributed by atoms with E-state index in [1.54, 1.807) is 0 Å². The van der Waals surface area contributed by atoms with Gasteiger partial charge in [0.2, 0.25) is 10.0 Å². The summed E-state index contributed by atoms with van der Waals surface area (Å²) in [5.74, 6) is 0.525. The van der Waals surface area contributed by atoms with Crippen molar-refractivity contribution in [1.82, 2.24) is 4.31 Å². The van der Waals surface area contributed by atoms with Gasteiger partial charge in [0.25, 0.3) is 0 Å². The molecule has 1 saturated heterocycles. The molecule has 0 unspecified atom stereocenters. The second-order valence-corrected chi connectivity index (χ2v) is 10.8. The first kappa shape index (κ1) is 17.9. The van der Waals surface area contributed by atoms with E-state index in [9.17, 15) is 16.8 Å². The van der Waals surface area contributed by atoms with Crippen molar-refractivity contribution in [3.63, 3.8) is 0 Å². The van der Waals surface area contributed by atoms with Crippen LogP contribution in [0.5, 0.6) is 0 Å². The van der Waals surface area contributed by atoms with Gasteiger partial charge >= 0.3 is 0 Å². The average Bonchev–Trinajstić information content (AvgIpc) is 2.25. The highest BCUT2D eigenvalue weighted by atomic mass is 32.2. The summed E-state index contributed by atoms with van der Waals surface area (Å²) in [7, 11) is -6.33. The molecule has 0 aromatic carbocycles. The monoisotopic (exact) mass is 325 g/mol. The van der Waals surface area contributed by atoms with Crippen molar-refractivity contribution in [2.75, 3.05) is 24.6 Å².